The molecule has 9 nitrogen and oxygen atoms in total. The van der Waals surface area contributed by atoms with E-state index in [1.54, 1.807) is 25.5 Å². The van der Waals surface area contributed by atoms with Crippen LogP contribution in [0.3, 0.4) is 0 Å². The zero-order chi connectivity index (χ0) is 26.4. The molecule has 0 aliphatic rings. The van der Waals surface area contributed by atoms with Crippen LogP contribution < -0.4 is 5.32 Å². The van der Waals surface area contributed by atoms with Crippen molar-refractivity contribution in [3.8, 4) is 33.1 Å². The topological polar surface area (TPSA) is 129 Å². The van der Waals surface area contributed by atoms with Crippen LogP contribution in [-0.4, -0.2) is 41.8 Å². The fourth-order valence-corrected chi connectivity index (χ4v) is 5.16. The number of pyridine rings is 2. The Labute approximate surface area is 221 Å². The van der Waals surface area contributed by atoms with Crippen molar-refractivity contribution < 1.29 is 9.59 Å². The third-order valence-corrected chi connectivity index (χ3v) is 7.48. The van der Waals surface area contributed by atoms with Crippen LogP contribution >= 0.6 is 11.3 Å². The molecule has 1 amide bonds. The molecule has 0 saturated carbocycles. The van der Waals surface area contributed by atoms with Crippen LogP contribution in [0.25, 0.3) is 55.2 Å². The van der Waals surface area contributed by atoms with Crippen LogP contribution in [0.5, 0.6) is 0 Å². The number of hydrogen-bond donors (Lipinski definition) is 3. The quantitative estimate of drug-likeness (QED) is 0.228. The molecule has 5 heterocycles. The third kappa shape index (κ3) is 4.24. The van der Waals surface area contributed by atoms with Gasteiger partial charge in [0, 0.05) is 39.7 Å². The standard InChI is InChI=1S/C28H23N7O2S/c1-14(2)28(37)31-18-10-17(12-29-13-18)16-4-5-21-20(11-16)25(35-34-21)27-32-24-19(8-9-30-26(24)33-27)23-7-6-22(38-23)15(3)36/h4-14H,1-3H3,(H,31,37)(H,34,35)(H,30,32,33). The highest BCUT2D eigenvalue weighted by Gasteiger charge is 2.18. The van der Waals surface area contributed by atoms with E-state index in [0.29, 0.717) is 27.7 Å². The van der Waals surface area contributed by atoms with E-state index in [2.05, 4.69) is 30.5 Å². The maximum atomic E-state index is 12.1. The zero-order valence-corrected chi connectivity index (χ0v) is 21.7. The van der Waals surface area contributed by atoms with E-state index in [9.17, 15) is 9.59 Å². The van der Waals surface area contributed by atoms with Crippen molar-refractivity contribution in [2.45, 2.75) is 20.8 Å². The van der Waals surface area contributed by atoms with Crippen molar-refractivity contribution in [1.29, 1.82) is 0 Å². The average molecular weight is 522 g/mol. The van der Waals surface area contributed by atoms with Gasteiger partial charge >= 0.3 is 0 Å². The van der Waals surface area contributed by atoms with Gasteiger partial charge in [-0.1, -0.05) is 19.9 Å². The van der Waals surface area contributed by atoms with Gasteiger partial charge < -0.3 is 10.3 Å². The number of benzene rings is 1. The Kier molecular flexibility index (Phi) is 5.80. The van der Waals surface area contributed by atoms with Crippen molar-refractivity contribution in [3.63, 3.8) is 0 Å². The van der Waals surface area contributed by atoms with Crippen molar-refractivity contribution in [2.75, 3.05) is 5.32 Å². The second kappa shape index (κ2) is 9.31. The summed E-state index contributed by atoms with van der Waals surface area (Å²) in [5, 5.41) is 11.4. The number of aromatic amines is 2. The highest BCUT2D eigenvalue weighted by Crippen LogP contribution is 2.35. The number of thiophene rings is 1. The van der Waals surface area contributed by atoms with Gasteiger partial charge in [-0.25, -0.2) is 9.97 Å². The lowest BCUT2D eigenvalue weighted by Crippen LogP contribution is -2.17. The molecular formula is C28H23N7O2S. The molecule has 0 spiro atoms. The lowest BCUT2D eigenvalue weighted by molar-refractivity contribution is -0.118. The molecule has 6 aromatic rings. The van der Waals surface area contributed by atoms with E-state index in [1.165, 1.54) is 11.3 Å². The van der Waals surface area contributed by atoms with Crippen molar-refractivity contribution in [1.82, 2.24) is 30.1 Å². The summed E-state index contributed by atoms with van der Waals surface area (Å²) in [6.07, 6.45) is 5.12. The summed E-state index contributed by atoms with van der Waals surface area (Å²) >= 11 is 1.44. The molecule has 10 heteroatoms. The number of aromatic nitrogens is 6. The molecule has 0 unspecified atom stereocenters. The minimum Gasteiger partial charge on any atom is -0.335 e. The van der Waals surface area contributed by atoms with Gasteiger partial charge in [0.25, 0.3) is 0 Å². The molecule has 0 saturated heterocycles. The Bertz CT molecular complexity index is 1850. The Morgan fingerprint density at radius 1 is 1.03 bits per heavy atom. The van der Waals surface area contributed by atoms with E-state index in [-0.39, 0.29) is 17.6 Å². The van der Waals surface area contributed by atoms with Crippen LogP contribution in [-0.2, 0) is 4.79 Å². The monoisotopic (exact) mass is 521 g/mol. The number of nitrogens with zero attached hydrogens (tertiary/aromatic N) is 4. The predicted molar refractivity (Wildman–Crippen MR) is 149 cm³/mol. The highest BCUT2D eigenvalue weighted by atomic mass is 32.1. The molecule has 5 aromatic heterocycles. The Morgan fingerprint density at radius 2 is 1.89 bits per heavy atom. The zero-order valence-electron chi connectivity index (χ0n) is 20.9. The number of anilines is 1. The minimum atomic E-state index is -0.127. The summed E-state index contributed by atoms with van der Waals surface area (Å²) in [5.74, 6) is 0.439. The van der Waals surface area contributed by atoms with Gasteiger partial charge in [0.05, 0.1) is 27.8 Å². The number of ketones is 1. The van der Waals surface area contributed by atoms with Crippen LogP contribution in [0.15, 0.2) is 61.1 Å². The number of amides is 1. The van der Waals surface area contributed by atoms with Crippen molar-refractivity contribution in [3.05, 3.63) is 65.9 Å². The number of Topliss-reactive ketones (excluding diaryl/α,β-unsaturated/α-hetero) is 1. The third-order valence-electron chi connectivity index (χ3n) is 6.26. The second-order valence-corrected chi connectivity index (χ2v) is 10.4. The molecule has 188 valence electrons. The van der Waals surface area contributed by atoms with Crippen LogP contribution in [0, 0.1) is 5.92 Å². The second-order valence-electron chi connectivity index (χ2n) is 9.30. The first-order chi connectivity index (χ1) is 18.4. The van der Waals surface area contributed by atoms with Gasteiger partial charge in [0.2, 0.25) is 5.91 Å². The molecule has 3 N–H and O–H groups in total. The van der Waals surface area contributed by atoms with Crippen LogP contribution in [0.4, 0.5) is 5.69 Å². The highest BCUT2D eigenvalue weighted by molar-refractivity contribution is 7.17. The molecule has 0 fully saturated rings. The predicted octanol–water partition coefficient (Wildman–Crippen LogP) is 6.09. The van der Waals surface area contributed by atoms with Gasteiger partial charge in [-0.05, 0) is 48.9 Å². The molecule has 0 bridgehead atoms. The van der Waals surface area contributed by atoms with E-state index < -0.39 is 0 Å². The SMILES string of the molecule is CC(=O)c1ccc(-c2ccnc3nc(-c4n[nH]c5ccc(-c6cncc(NC(=O)C(C)C)c6)cc45)[nH]c23)s1. The number of hydrogen-bond acceptors (Lipinski definition) is 7. The largest absolute Gasteiger partial charge is 0.335 e. The van der Waals surface area contributed by atoms with Gasteiger partial charge in [-0.15, -0.1) is 11.3 Å². The number of carbonyl (C=O) groups is 2. The summed E-state index contributed by atoms with van der Waals surface area (Å²) in [5.41, 5.74) is 6.25. The Morgan fingerprint density at radius 3 is 2.68 bits per heavy atom. The van der Waals surface area contributed by atoms with E-state index in [1.807, 2.05) is 56.3 Å². The summed E-state index contributed by atoms with van der Waals surface area (Å²) < 4.78 is 0. The lowest BCUT2D eigenvalue weighted by atomic mass is 10.0. The first kappa shape index (κ1) is 23.7. The average Bonchev–Trinajstić information content (AvgIpc) is 3.66. The summed E-state index contributed by atoms with van der Waals surface area (Å²) in [7, 11) is 0. The van der Waals surface area contributed by atoms with Crippen molar-refractivity contribution >= 4 is 50.8 Å². The fraction of sp³-hybridized carbons (Fsp3) is 0.143. The van der Waals surface area contributed by atoms with E-state index >= 15 is 0 Å². The number of imidazole rings is 1. The van der Waals surface area contributed by atoms with Crippen LogP contribution in [0.1, 0.15) is 30.4 Å². The first-order valence-electron chi connectivity index (χ1n) is 12.1. The van der Waals surface area contributed by atoms with Gasteiger partial charge in [-0.3, -0.25) is 19.7 Å². The number of nitrogens with one attached hydrogen (secondary N) is 3. The molecule has 6 rings (SSSR count). The Balaban J connectivity index is 1.40. The normalized spacial score (nSPS) is 11.5. The fourth-order valence-electron chi connectivity index (χ4n) is 4.23. The first-order valence-corrected chi connectivity index (χ1v) is 12.9. The molecular weight excluding hydrogens is 498 g/mol. The number of H-pyrrole nitrogens is 2. The maximum absolute atomic E-state index is 12.1. The van der Waals surface area contributed by atoms with E-state index in [4.69, 9.17) is 4.98 Å². The summed E-state index contributed by atoms with van der Waals surface area (Å²) in [4.78, 5) is 42.5. The van der Waals surface area contributed by atoms with Crippen molar-refractivity contribution in [2.24, 2.45) is 5.92 Å². The summed E-state index contributed by atoms with van der Waals surface area (Å²) in [6, 6.07) is 13.6. The molecule has 0 aliphatic heterocycles. The van der Waals surface area contributed by atoms with Gasteiger partial charge in [0.1, 0.15) is 5.69 Å². The van der Waals surface area contributed by atoms with Gasteiger partial charge in [-0.2, -0.15) is 5.10 Å². The Hall–Kier alpha value is -4.70. The number of rotatable bonds is 6. The van der Waals surface area contributed by atoms with Gasteiger partial charge in [0.15, 0.2) is 17.3 Å². The molecule has 38 heavy (non-hydrogen) atoms. The molecule has 1 aromatic carbocycles. The minimum absolute atomic E-state index is 0.0404. The number of carbonyl (C=O) groups excluding carboxylic acids is 2. The summed E-state index contributed by atoms with van der Waals surface area (Å²) in [6.45, 7) is 5.26. The van der Waals surface area contributed by atoms with E-state index in [0.717, 1.165) is 38.0 Å². The number of fused-ring (bicyclic) bond motifs is 2. The maximum Gasteiger partial charge on any atom is 0.226 e. The molecule has 0 radical (unpaired) electrons. The molecule has 0 aliphatic carbocycles. The molecule has 0 atom stereocenters. The van der Waals surface area contributed by atoms with Crippen LogP contribution in [0.2, 0.25) is 0 Å². The lowest BCUT2D eigenvalue weighted by Gasteiger charge is -2.09. The smallest absolute Gasteiger partial charge is 0.226 e.